The largest absolute Gasteiger partial charge is 0.358 e. The highest BCUT2D eigenvalue weighted by molar-refractivity contribution is 6.31. The van der Waals surface area contributed by atoms with Crippen molar-refractivity contribution in [1.82, 2.24) is 9.80 Å². The van der Waals surface area contributed by atoms with E-state index in [-0.39, 0.29) is 48.2 Å². The molecule has 4 fully saturated rings. The molecule has 0 spiro atoms. The second kappa shape index (κ2) is 20.0. The quantitative estimate of drug-likeness (QED) is 0.118. The highest BCUT2D eigenvalue weighted by Gasteiger charge is 2.50. The molecule has 2 heterocycles. The van der Waals surface area contributed by atoms with Crippen LogP contribution in [0.25, 0.3) is 0 Å². The van der Waals surface area contributed by atoms with E-state index in [4.69, 9.17) is 55.9 Å². The van der Waals surface area contributed by atoms with Crippen LogP contribution >= 0.6 is 46.4 Å². The highest BCUT2D eigenvalue weighted by Crippen LogP contribution is 2.50. The fraction of sp³-hybridized carbons (Fsp3) is 0.400. The maximum Gasteiger partial charge on any atom is 0.252 e. The first kappa shape index (κ1) is 44.4. The van der Waals surface area contributed by atoms with E-state index in [0.29, 0.717) is 44.8 Å². The van der Waals surface area contributed by atoms with E-state index in [2.05, 4.69) is 36.8 Å². The first-order chi connectivity index (χ1) is 29.1. The molecule has 316 valence electrons. The van der Waals surface area contributed by atoms with Crippen molar-refractivity contribution in [3.63, 3.8) is 0 Å². The summed E-state index contributed by atoms with van der Waals surface area (Å²) in [5.41, 5.74) is 3.99. The molecular weight excluding hydrogens is 834 g/mol. The van der Waals surface area contributed by atoms with Gasteiger partial charge in [-0.1, -0.05) is 121 Å². The molecule has 4 aliphatic rings. The number of carbonyl (C=O) groups excluding carboxylic acids is 2. The third-order valence-corrected chi connectivity index (χ3v) is 13.3. The summed E-state index contributed by atoms with van der Waals surface area (Å²) in [6, 6.07) is 30.9. The number of ether oxygens (including phenoxy) is 2. The van der Waals surface area contributed by atoms with Gasteiger partial charge in [-0.2, -0.15) is 0 Å². The molecule has 2 saturated carbocycles. The van der Waals surface area contributed by atoms with Gasteiger partial charge in [-0.15, -0.1) is 13.2 Å². The van der Waals surface area contributed by atoms with Crippen LogP contribution in [0.4, 0.5) is 0 Å². The first-order valence-corrected chi connectivity index (χ1v) is 22.8. The third kappa shape index (κ3) is 10.0. The Balaban J connectivity index is 0.000000181. The van der Waals surface area contributed by atoms with Crippen LogP contribution in [0.3, 0.4) is 0 Å². The van der Waals surface area contributed by atoms with Gasteiger partial charge in [0.2, 0.25) is 0 Å². The molecule has 2 aliphatic heterocycles. The fourth-order valence-corrected chi connectivity index (χ4v) is 9.88. The van der Waals surface area contributed by atoms with Crippen molar-refractivity contribution in [3.05, 3.63) is 165 Å². The van der Waals surface area contributed by atoms with Crippen LogP contribution in [0.15, 0.2) is 122 Å². The average molecular weight is 889 g/mol. The number of morpholine rings is 2. The minimum atomic E-state index is -0.539. The van der Waals surface area contributed by atoms with Gasteiger partial charge >= 0.3 is 0 Å². The number of halogens is 4. The summed E-state index contributed by atoms with van der Waals surface area (Å²) in [4.78, 5) is 31.5. The van der Waals surface area contributed by atoms with Gasteiger partial charge in [0.1, 0.15) is 24.4 Å². The molecule has 0 aromatic heterocycles. The predicted molar refractivity (Wildman–Crippen MR) is 243 cm³/mol. The van der Waals surface area contributed by atoms with E-state index in [1.165, 1.54) is 25.7 Å². The summed E-state index contributed by atoms with van der Waals surface area (Å²) in [5, 5.41) is 2.66. The Hall–Kier alpha value is -3.62. The molecule has 2 saturated heterocycles. The summed E-state index contributed by atoms with van der Waals surface area (Å²) >= 11 is 25.0. The SMILES string of the molecule is C=CC[C@@H]1O[C@H](c2cccc(Cl)c2)[C@@H](c2ccc(Cl)cc2)N([C@H](CC)C2CC2)C1=O.C=CC[C@H]1O[C@H](c2cccc(Cl)c2)[C@@H](c2ccc(Cl)cc2)N([C@H](CC)C2CC2)C1=O. The topological polar surface area (TPSA) is 59.1 Å². The number of rotatable bonds is 14. The van der Waals surface area contributed by atoms with Crippen LogP contribution in [0.5, 0.6) is 0 Å². The number of nitrogens with zero attached hydrogens (tertiary/aromatic N) is 2. The van der Waals surface area contributed by atoms with Crippen molar-refractivity contribution in [1.29, 1.82) is 0 Å². The Bertz CT molecular complexity index is 1970. The van der Waals surface area contributed by atoms with Gasteiger partial charge in [0.05, 0.1) is 12.1 Å². The van der Waals surface area contributed by atoms with Crippen LogP contribution in [-0.2, 0) is 19.1 Å². The summed E-state index contributed by atoms with van der Waals surface area (Å²) in [6.45, 7) is 12.0. The second-order valence-electron chi connectivity index (χ2n) is 16.4. The molecule has 6 nitrogen and oxygen atoms in total. The van der Waals surface area contributed by atoms with Gasteiger partial charge in [-0.05, 0) is 121 Å². The fourth-order valence-electron chi connectivity index (χ4n) is 9.23. The van der Waals surface area contributed by atoms with Gasteiger partial charge in [0.15, 0.2) is 0 Å². The molecule has 2 aliphatic carbocycles. The van der Waals surface area contributed by atoms with E-state index in [1.54, 1.807) is 12.2 Å². The van der Waals surface area contributed by atoms with Gasteiger partial charge in [0, 0.05) is 45.0 Å². The second-order valence-corrected chi connectivity index (χ2v) is 18.1. The van der Waals surface area contributed by atoms with Gasteiger partial charge in [-0.25, -0.2) is 0 Å². The predicted octanol–water partition coefficient (Wildman–Crippen LogP) is 13.5. The molecule has 0 bridgehead atoms. The van der Waals surface area contributed by atoms with Crippen LogP contribution in [0, 0.1) is 11.8 Å². The Morgan fingerprint density at radius 2 is 0.933 bits per heavy atom. The smallest absolute Gasteiger partial charge is 0.252 e. The molecule has 8 rings (SSSR count). The minimum Gasteiger partial charge on any atom is -0.358 e. The lowest BCUT2D eigenvalue weighted by atomic mass is 9.88. The zero-order valence-electron chi connectivity index (χ0n) is 34.3. The highest BCUT2D eigenvalue weighted by atomic mass is 35.5. The Kier molecular flexibility index (Phi) is 14.8. The lowest BCUT2D eigenvalue weighted by Crippen LogP contribution is -2.55. The van der Waals surface area contributed by atoms with Crippen molar-refractivity contribution in [2.24, 2.45) is 11.8 Å². The van der Waals surface area contributed by atoms with Crippen LogP contribution in [-0.4, -0.2) is 45.9 Å². The number of hydrogen-bond donors (Lipinski definition) is 0. The van der Waals surface area contributed by atoms with Crippen molar-refractivity contribution < 1.29 is 19.1 Å². The molecule has 60 heavy (non-hydrogen) atoms. The van der Waals surface area contributed by atoms with Crippen molar-refractivity contribution in [3.8, 4) is 0 Å². The van der Waals surface area contributed by atoms with Crippen molar-refractivity contribution >= 4 is 58.2 Å². The zero-order valence-corrected chi connectivity index (χ0v) is 37.3. The standard InChI is InChI=1S/2C25H27Cl2NO2/c2*1-3-6-22-25(29)28(21(4-2)16-9-10-16)23(17-11-13-19(26)14-12-17)24(30-22)18-7-5-8-20(27)15-18/h2*3,5,7-8,11-16,21-24H,1,4,6,9-10H2,2H3/t21-,22+,23-,24-;21-,22-,23-,24-/m11/s1. The number of hydrogen-bond acceptors (Lipinski definition) is 4. The first-order valence-electron chi connectivity index (χ1n) is 21.3. The van der Waals surface area contributed by atoms with E-state index < -0.39 is 12.2 Å². The van der Waals surface area contributed by atoms with E-state index in [1.807, 2.05) is 97.1 Å². The van der Waals surface area contributed by atoms with Crippen LogP contribution < -0.4 is 0 Å². The molecule has 8 atom stereocenters. The minimum absolute atomic E-state index is 0.0480. The zero-order chi connectivity index (χ0) is 42.5. The molecule has 0 unspecified atom stereocenters. The van der Waals surface area contributed by atoms with E-state index >= 15 is 0 Å². The molecule has 2 amide bonds. The van der Waals surface area contributed by atoms with Gasteiger partial charge in [0.25, 0.3) is 11.8 Å². The van der Waals surface area contributed by atoms with Gasteiger partial charge in [-0.3, -0.25) is 9.59 Å². The number of amides is 2. The Morgan fingerprint density at radius 1 is 0.567 bits per heavy atom. The van der Waals surface area contributed by atoms with Crippen LogP contribution in [0.1, 0.15) is 112 Å². The van der Waals surface area contributed by atoms with Crippen molar-refractivity contribution in [2.75, 3.05) is 0 Å². The van der Waals surface area contributed by atoms with Crippen molar-refractivity contribution in [2.45, 2.75) is 114 Å². The summed E-state index contributed by atoms with van der Waals surface area (Å²) in [6.07, 6.45) is 9.30. The Labute approximate surface area is 375 Å². The maximum absolute atomic E-state index is 13.6. The molecule has 4 aromatic rings. The van der Waals surface area contributed by atoms with Gasteiger partial charge < -0.3 is 19.3 Å². The summed E-state index contributed by atoms with van der Waals surface area (Å²) in [5.74, 6) is 1.20. The lowest BCUT2D eigenvalue weighted by Gasteiger charge is -2.48. The average Bonchev–Trinajstić information content (AvgIpc) is 4.19. The van der Waals surface area contributed by atoms with E-state index in [0.717, 1.165) is 35.1 Å². The molecular formula is C50H54Cl4N2O4. The Morgan fingerprint density at radius 3 is 1.23 bits per heavy atom. The monoisotopic (exact) mass is 886 g/mol. The summed E-state index contributed by atoms with van der Waals surface area (Å²) in [7, 11) is 0. The lowest BCUT2D eigenvalue weighted by molar-refractivity contribution is -0.180. The molecule has 0 N–H and O–H groups in total. The van der Waals surface area contributed by atoms with E-state index in [9.17, 15) is 9.59 Å². The number of benzene rings is 4. The number of carbonyl (C=O) groups is 2. The maximum atomic E-state index is 13.6. The normalized spacial score (nSPS) is 25.2. The van der Waals surface area contributed by atoms with Crippen LogP contribution in [0.2, 0.25) is 20.1 Å². The summed E-state index contributed by atoms with van der Waals surface area (Å²) < 4.78 is 12.9. The third-order valence-electron chi connectivity index (χ3n) is 12.3. The molecule has 4 aromatic carbocycles. The molecule has 0 radical (unpaired) electrons. The molecule has 10 heteroatoms.